The Morgan fingerprint density at radius 1 is 1.00 bits per heavy atom. The molecule has 160 valence electrons. The van der Waals surface area contributed by atoms with E-state index in [-0.39, 0.29) is 5.91 Å². The number of ether oxygens (including phenoxy) is 2. The fourth-order valence-electron chi connectivity index (χ4n) is 3.69. The number of hydrogen-bond acceptors (Lipinski definition) is 7. The van der Waals surface area contributed by atoms with E-state index in [2.05, 4.69) is 27.1 Å². The molecule has 1 fully saturated rings. The van der Waals surface area contributed by atoms with E-state index in [9.17, 15) is 4.79 Å². The number of carbonyl (C=O) groups excluding carboxylic acids is 1. The van der Waals surface area contributed by atoms with Crippen molar-refractivity contribution in [2.75, 3.05) is 56.7 Å². The van der Waals surface area contributed by atoms with Gasteiger partial charge >= 0.3 is 0 Å². The summed E-state index contributed by atoms with van der Waals surface area (Å²) >= 11 is 1.45. The van der Waals surface area contributed by atoms with Gasteiger partial charge in [0.25, 0.3) is 5.91 Å². The average Bonchev–Trinajstić information content (AvgIpc) is 3.30. The molecule has 0 aliphatic carbocycles. The molecule has 0 radical (unpaired) electrons. The predicted molar refractivity (Wildman–Crippen MR) is 123 cm³/mol. The Bertz CT molecular complexity index is 1070. The smallest absolute Gasteiger partial charge is 0.265 e. The first-order chi connectivity index (χ1) is 15.2. The first-order valence-electron chi connectivity index (χ1n) is 10.4. The molecule has 0 atom stereocenters. The number of anilines is 2. The molecule has 1 aromatic carbocycles. The number of likely N-dealkylation sites (N-methyl/N-ethyl adjacent to an activating group) is 1. The summed E-state index contributed by atoms with van der Waals surface area (Å²) in [5, 5.41) is 2.95. The Kier molecular flexibility index (Phi) is 5.48. The monoisotopic (exact) mass is 436 g/mol. The van der Waals surface area contributed by atoms with Gasteiger partial charge in [-0.25, -0.2) is 4.98 Å². The molecule has 0 unspecified atom stereocenters. The number of aromatic nitrogens is 1. The molecule has 0 bridgehead atoms. The second-order valence-corrected chi connectivity index (χ2v) is 8.76. The van der Waals surface area contributed by atoms with Crippen molar-refractivity contribution in [2.24, 2.45) is 0 Å². The third kappa shape index (κ3) is 4.35. The van der Waals surface area contributed by atoms with E-state index in [4.69, 9.17) is 9.47 Å². The zero-order valence-corrected chi connectivity index (χ0v) is 18.2. The molecule has 1 N–H and O–H groups in total. The lowest BCUT2D eigenvalue weighted by molar-refractivity contribution is 0.103. The van der Waals surface area contributed by atoms with Crippen LogP contribution in [0.1, 0.15) is 9.67 Å². The van der Waals surface area contributed by atoms with Gasteiger partial charge < -0.3 is 24.6 Å². The van der Waals surface area contributed by atoms with Crippen LogP contribution in [0.5, 0.6) is 11.5 Å². The summed E-state index contributed by atoms with van der Waals surface area (Å²) < 4.78 is 11.2. The molecule has 31 heavy (non-hydrogen) atoms. The zero-order chi connectivity index (χ0) is 21.2. The molecule has 7 nitrogen and oxygen atoms in total. The second-order valence-electron chi connectivity index (χ2n) is 7.67. The Morgan fingerprint density at radius 3 is 2.58 bits per heavy atom. The van der Waals surface area contributed by atoms with Crippen LogP contribution in [-0.2, 0) is 0 Å². The lowest BCUT2D eigenvalue weighted by Crippen LogP contribution is -2.44. The average molecular weight is 437 g/mol. The van der Waals surface area contributed by atoms with Gasteiger partial charge in [-0.2, -0.15) is 0 Å². The first-order valence-corrected chi connectivity index (χ1v) is 11.2. The third-order valence-electron chi connectivity index (χ3n) is 5.49. The molecular formula is C23H24N4O3S. The van der Waals surface area contributed by atoms with Crippen LogP contribution in [-0.4, -0.2) is 62.2 Å². The van der Waals surface area contributed by atoms with Crippen LogP contribution in [0.3, 0.4) is 0 Å². The fraction of sp³-hybridized carbons (Fsp3) is 0.304. The number of pyridine rings is 1. The Hall–Kier alpha value is -3.10. The van der Waals surface area contributed by atoms with Crippen LogP contribution in [0, 0.1) is 0 Å². The fourth-order valence-corrected chi connectivity index (χ4v) is 4.58. The number of nitrogens with zero attached hydrogens (tertiary/aromatic N) is 3. The molecule has 2 aromatic heterocycles. The van der Waals surface area contributed by atoms with Crippen molar-refractivity contribution in [3.63, 3.8) is 0 Å². The molecule has 3 aromatic rings. The maximum atomic E-state index is 12.7. The number of hydrogen-bond donors (Lipinski definition) is 1. The van der Waals surface area contributed by atoms with Crippen LogP contribution in [0.2, 0.25) is 0 Å². The van der Waals surface area contributed by atoms with Gasteiger partial charge in [0, 0.05) is 31.1 Å². The van der Waals surface area contributed by atoms with E-state index in [1.54, 1.807) is 6.20 Å². The zero-order valence-electron chi connectivity index (χ0n) is 17.3. The Morgan fingerprint density at radius 2 is 1.81 bits per heavy atom. The lowest BCUT2D eigenvalue weighted by atomic mass is 10.1. The summed E-state index contributed by atoms with van der Waals surface area (Å²) in [5.74, 6) is 2.32. The molecule has 0 spiro atoms. The molecule has 5 rings (SSSR count). The van der Waals surface area contributed by atoms with Crippen molar-refractivity contribution < 1.29 is 14.3 Å². The van der Waals surface area contributed by atoms with Crippen LogP contribution < -0.4 is 19.7 Å². The molecule has 8 heteroatoms. The van der Waals surface area contributed by atoms with E-state index in [1.165, 1.54) is 11.3 Å². The minimum absolute atomic E-state index is 0.136. The van der Waals surface area contributed by atoms with Crippen molar-refractivity contribution in [1.29, 1.82) is 0 Å². The number of rotatable bonds is 4. The quantitative estimate of drug-likeness (QED) is 0.674. The highest BCUT2D eigenvalue weighted by atomic mass is 32.1. The predicted octanol–water partition coefficient (Wildman–Crippen LogP) is 3.59. The van der Waals surface area contributed by atoms with E-state index < -0.39 is 0 Å². The van der Waals surface area contributed by atoms with Gasteiger partial charge in [-0.05, 0) is 55.1 Å². The number of amides is 1. The van der Waals surface area contributed by atoms with Crippen LogP contribution in [0.15, 0.2) is 48.7 Å². The van der Waals surface area contributed by atoms with Gasteiger partial charge in [-0.15, -0.1) is 11.3 Å². The van der Waals surface area contributed by atoms with Crippen molar-refractivity contribution in [2.45, 2.75) is 0 Å². The van der Waals surface area contributed by atoms with Gasteiger partial charge in [-0.3, -0.25) is 4.79 Å². The van der Waals surface area contributed by atoms with Gasteiger partial charge in [0.15, 0.2) is 11.5 Å². The molecule has 1 amide bonds. The van der Waals surface area contributed by atoms with E-state index >= 15 is 0 Å². The molecule has 1 saturated heterocycles. The summed E-state index contributed by atoms with van der Waals surface area (Å²) in [6, 6.07) is 13.5. The largest absolute Gasteiger partial charge is 0.486 e. The summed E-state index contributed by atoms with van der Waals surface area (Å²) in [6.45, 7) is 5.12. The number of nitrogens with one attached hydrogen (secondary N) is 1. The standard InChI is InChI=1S/C23H24N4O3S/c1-26-8-10-27(11-9-26)22-7-3-17(15-24-22)25-23(28)21-6-5-20(31-21)16-2-4-18-19(14-16)30-13-12-29-18/h2-7,14-15H,8-13H2,1H3,(H,25,28). The van der Waals surface area contributed by atoms with Gasteiger partial charge in [0.05, 0.1) is 16.8 Å². The highest BCUT2D eigenvalue weighted by Crippen LogP contribution is 2.37. The first kappa shape index (κ1) is 19.8. The number of piperazine rings is 1. The minimum atomic E-state index is -0.136. The maximum absolute atomic E-state index is 12.7. The minimum Gasteiger partial charge on any atom is -0.486 e. The van der Waals surface area contributed by atoms with Gasteiger partial charge in [0.1, 0.15) is 19.0 Å². The van der Waals surface area contributed by atoms with Crippen molar-refractivity contribution in [3.8, 4) is 21.9 Å². The molecule has 2 aliphatic rings. The third-order valence-corrected chi connectivity index (χ3v) is 6.62. The summed E-state index contributed by atoms with van der Waals surface area (Å²) in [7, 11) is 2.13. The number of benzene rings is 1. The van der Waals surface area contributed by atoms with Crippen molar-refractivity contribution in [1.82, 2.24) is 9.88 Å². The van der Waals surface area contributed by atoms with Gasteiger partial charge in [-0.1, -0.05) is 0 Å². The lowest BCUT2D eigenvalue weighted by Gasteiger charge is -2.33. The topological polar surface area (TPSA) is 66.9 Å². The number of fused-ring (bicyclic) bond motifs is 1. The Balaban J connectivity index is 1.25. The van der Waals surface area contributed by atoms with Crippen molar-refractivity contribution in [3.05, 3.63) is 53.5 Å². The maximum Gasteiger partial charge on any atom is 0.265 e. The van der Waals surface area contributed by atoms with Crippen LogP contribution in [0.25, 0.3) is 10.4 Å². The number of carbonyl (C=O) groups is 1. The summed E-state index contributed by atoms with van der Waals surface area (Å²) in [5.41, 5.74) is 1.70. The second kappa shape index (κ2) is 8.56. The van der Waals surface area contributed by atoms with Crippen LogP contribution >= 0.6 is 11.3 Å². The molecule has 0 saturated carbocycles. The van der Waals surface area contributed by atoms with E-state index in [0.29, 0.717) is 23.8 Å². The molecule has 2 aliphatic heterocycles. The van der Waals surface area contributed by atoms with E-state index in [0.717, 1.165) is 53.9 Å². The van der Waals surface area contributed by atoms with Crippen LogP contribution in [0.4, 0.5) is 11.5 Å². The molecular weight excluding hydrogens is 412 g/mol. The summed E-state index contributed by atoms with van der Waals surface area (Å²) in [4.78, 5) is 23.5. The Labute approximate surface area is 185 Å². The summed E-state index contributed by atoms with van der Waals surface area (Å²) in [6.07, 6.45) is 1.72. The normalized spacial score (nSPS) is 16.2. The molecule has 4 heterocycles. The highest BCUT2D eigenvalue weighted by Gasteiger charge is 2.17. The van der Waals surface area contributed by atoms with E-state index in [1.807, 2.05) is 42.5 Å². The highest BCUT2D eigenvalue weighted by molar-refractivity contribution is 7.17. The SMILES string of the molecule is CN1CCN(c2ccc(NC(=O)c3ccc(-c4ccc5c(c4)OCCO5)s3)cn2)CC1. The van der Waals surface area contributed by atoms with Crippen molar-refractivity contribution >= 4 is 28.7 Å². The van der Waals surface area contributed by atoms with Gasteiger partial charge in [0.2, 0.25) is 0 Å². The number of thiophene rings is 1.